The van der Waals surface area contributed by atoms with Gasteiger partial charge in [0.15, 0.2) is 0 Å². The van der Waals surface area contributed by atoms with E-state index in [1.54, 1.807) is 0 Å². The fourth-order valence-electron chi connectivity index (χ4n) is 2.65. The lowest BCUT2D eigenvalue weighted by Gasteiger charge is -2.20. The number of amides is 1. The molecule has 1 N–H and O–H groups in total. The Morgan fingerprint density at radius 3 is 2.68 bits per heavy atom. The van der Waals surface area contributed by atoms with Crippen molar-refractivity contribution in [3.8, 4) is 0 Å². The van der Waals surface area contributed by atoms with Crippen LogP contribution in [0.2, 0.25) is 0 Å². The molecule has 0 saturated heterocycles. The van der Waals surface area contributed by atoms with Crippen LogP contribution in [-0.4, -0.2) is 27.8 Å². The predicted molar refractivity (Wildman–Crippen MR) is 83.3 cm³/mol. The minimum absolute atomic E-state index is 0.0109. The SMILES string of the molecule is CN(Cc1ccccc1C(F)(F)F)C(=O)c1cc(F)cc2[nH]cnc12. The van der Waals surface area contributed by atoms with Crippen LogP contribution in [0.3, 0.4) is 0 Å². The molecule has 0 bridgehead atoms. The summed E-state index contributed by atoms with van der Waals surface area (Å²) >= 11 is 0. The van der Waals surface area contributed by atoms with Gasteiger partial charge < -0.3 is 9.88 Å². The molecule has 4 nitrogen and oxygen atoms in total. The molecule has 8 heteroatoms. The topological polar surface area (TPSA) is 49.0 Å². The highest BCUT2D eigenvalue weighted by atomic mass is 19.4. The Bertz CT molecular complexity index is 933. The molecule has 0 fully saturated rings. The number of hydrogen-bond donors (Lipinski definition) is 1. The number of aromatic amines is 1. The largest absolute Gasteiger partial charge is 0.416 e. The normalized spacial score (nSPS) is 11.7. The molecule has 3 rings (SSSR count). The quantitative estimate of drug-likeness (QED) is 0.726. The van der Waals surface area contributed by atoms with Crippen LogP contribution < -0.4 is 0 Å². The molecule has 1 heterocycles. The van der Waals surface area contributed by atoms with Crippen LogP contribution in [-0.2, 0) is 12.7 Å². The third-order valence-electron chi connectivity index (χ3n) is 3.80. The monoisotopic (exact) mass is 351 g/mol. The lowest BCUT2D eigenvalue weighted by Crippen LogP contribution is -2.27. The molecule has 1 aromatic heterocycles. The smallest absolute Gasteiger partial charge is 0.344 e. The molecule has 0 spiro atoms. The molecule has 3 aromatic rings. The van der Waals surface area contributed by atoms with E-state index in [1.807, 2.05) is 0 Å². The Hall–Kier alpha value is -2.90. The van der Waals surface area contributed by atoms with E-state index in [0.29, 0.717) is 5.52 Å². The number of carbonyl (C=O) groups is 1. The van der Waals surface area contributed by atoms with Gasteiger partial charge in [-0.25, -0.2) is 9.37 Å². The third kappa shape index (κ3) is 3.33. The Kier molecular flexibility index (Phi) is 4.20. The maximum Gasteiger partial charge on any atom is 0.416 e. The van der Waals surface area contributed by atoms with E-state index >= 15 is 0 Å². The minimum Gasteiger partial charge on any atom is -0.344 e. The van der Waals surface area contributed by atoms with Gasteiger partial charge in [0.1, 0.15) is 11.3 Å². The molecular weight excluding hydrogens is 338 g/mol. The van der Waals surface area contributed by atoms with E-state index < -0.39 is 23.5 Å². The number of aromatic nitrogens is 2. The van der Waals surface area contributed by atoms with Crippen LogP contribution in [0.4, 0.5) is 17.6 Å². The molecule has 0 unspecified atom stereocenters. The molecule has 25 heavy (non-hydrogen) atoms. The molecular formula is C17H13F4N3O. The number of halogens is 4. The predicted octanol–water partition coefficient (Wildman–Crippen LogP) is 3.99. The second kappa shape index (κ2) is 6.19. The number of nitrogens with zero attached hydrogens (tertiary/aromatic N) is 2. The summed E-state index contributed by atoms with van der Waals surface area (Å²) in [7, 11) is 1.36. The summed E-state index contributed by atoms with van der Waals surface area (Å²) in [5.74, 6) is -1.25. The van der Waals surface area contributed by atoms with Gasteiger partial charge in [-0.1, -0.05) is 18.2 Å². The van der Waals surface area contributed by atoms with Gasteiger partial charge >= 0.3 is 6.18 Å². The zero-order chi connectivity index (χ0) is 18.2. The van der Waals surface area contributed by atoms with E-state index in [-0.39, 0.29) is 23.2 Å². The van der Waals surface area contributed by atoms with Crippen molar-refractivity contribution in [1.82, 2.24) is 14.9 Å². The Morgan fingerprint density at radius 2 is 1.96 bits per heavy atom. The standard InChI is InChI=1S/C17H13F4N3O/c1-24(8-10-4-2-3-5-13(10)17(19,20)21)16(25)12-6-11(18)7-14-15(12)23-9-22-14/h2-7,9H,8H2,1H3,(H,22,23). The van der Waals surface area contributed by atoms with Crippen molar-refractivity contribution in [1.29, 1.82) is 0 Å². The number of H-pyrrole nitrogens is 1. The van der Waals surface area contributed by atoms with Crippen molar-refractivity contribution in [2.45, 2.75) is 12.7 Å². The van der Waals surface area contributed by atoms with Crippen LogP contribution in [0.25, 0.3) is 11.0 Å². The van der Waals surface area contributed by atoms with Crippen molar-refractivity contribution in [3.63, 3.8) is 0 Å². The molecule has 0 aliphatic heterocycles. The summed E-state index contributed by atoms with van der Waals surface area (Å²) in [6, 6.07) is 7.24. The molecule has 2 aromatic carbocycles. The number of fused-ring (bicyclic) bond motifs is 1. The summed E-state index contributed by atoms with van der Waals surface area (Å²) in [6.07, 6.45) is -3.20. The summed E-state index contributed by atoms with van der Waals surface area (Å²) in [6.45, 7) is -0.267. The zero-order valence-corrected chi connectivity index (χ0v) is 13.1. The van der Waals surface area contributed by atoms with E-state index in [0.717, 1.165) is 17.0 Å². The van der Waals surface area contributed by atoms with E-state index in [9.17, 15) is 22.4 Å². The fraction of sp³-hybridized carbons (Fsp3) is 0.176. The Morgan fingerprint density at radius 1 is 1.24 bits per heavy atom. The van der Waals surface area contributed by atoms with Crippen molar-refractivity contribution in [2.75, 3.05) is 7.05 Å². The first-order chi connectivity index (χ1) is 11.8. The zero-order valence-electron chi connectivity index (χ0n) is 13.1. The highest BCUT2D eigenvalue weighted by Gasteiger charge is 2.33. The first kappa shape index (κ1) is 16.9. The number of nitrogens with one attached hydrogen (secondary N) is 1. The van der Waals surface area contributed by atoms with Crippen LogP contribution in [0.15, 0.2) is 42.7 Å². The van der Waals surface area contributed by atoms with Crippen LogP contribution in [0.1, 0.15) is 21.5 Å². The lowest BCUT2D eigenvalue weighted by molar-refractivity contribution is -0.138. The fourth-order valence-corrected chi connectivity index (χ4v) is 2.65. The van der Waals surface area contributed by atoms with Gasteiger partial charge in [-0.2, -0.15) is 13.2 Å². The number of benzene rings is 2. The van der Waals surface area contributed by atoms with Gasteiger partial charge in [0, 0.05) is 13.6 Å². The van der Waals surface area contributed by atoms with Gasteiger partial charge in [-0.05, 0) is 23.8 Å². The average molecular weight is 351 g/mol. The maximum atomic E-state index is 13.7. The average Bonchev–Trinajstić information content (AvgIpc) is 3.01. The molecule has 0 radical (unpaired) electrons. The van der Waals surface area contributed by atoms with Gasteiger partial charge in [0.25, 0.3) is 5.91 Å². The van der Waals surface area contributed by atoms with E-state index in [1.165, 1.54) is 37.6 Å². The third-order valence-corrected chi connectivity index (χ3v) is 3.80. The van der Waals surface area contributed by atoms with Crippen molar-refractivity contribution in [2.24, 2.45) is 0 Å². The number of hydrogen-bond acceptors (Lipinski definition) is 2. The van der Waals surface area contributed by atoms with Gasteiger partial charge in [0.05, 0.1) is 23.0 Å². The van der Waals surface area contributed by atoms with Crippen LogP contribution in [0.5, 0.6) is 0 Å². The Balaban J connectivity index is 1.93. The summed E-state index contributed by atoms with van der Waals surface area (Å²) in [5, 5.41) is 0. The highest BCUT2D eigenvalue weighted by Crippen LogP contribution is 2.32. The summed E-state index contributed by atoms with van der Waals surface area (Å²) in [5.41, 5.74) is -0.252. The second-order valence-electron chi connectivity index (χ2n) is 5.57. The second-order valence-corrected chi connectivity index (χ2v) is 5.57. The first-order valence-corrected chi connectivity index (χ1v) is 7.30. The van der Waals surface area contributed by atoms with E-state index in [4.69, 9.17) is 0 Å². The van der Waals surface area contributed by atoms with Crippen LogP contribution in [0, 0.1) is 5.82 Å². The lowest BCUT2D eigenvalue weighted by atomic mass is 10.1. The van der Waals surface area contributed by atoms with Crippen molar-refractivity contribution >= 4 is 16.9 Å². The van der Waals surface area contributed by atoms with Crippen molar-refractivity contribution < 1.29 is 22.4 Å². The molecule has 0 atom stereocenters. The summed E-state index contributed by atoms with van der Waals surface area (Å²) in [4.78, 5) is 20.4. The van der Waals surface area contributed by atoms with Crippen molar-refractivity contribution in [3.05, 3.63) is 65.2 Å². The molecule has 0 aliphatic carbocycles. The minimum atomic E-state index is -4.52. The maximum absolute atomic E-state index is 13.7. The van der Waals surface area contributed by atoms with Gasteiger partial charge in [-0.3, -0.25) is 4.79 Å². The van der Waals surface area contributed by atoms with Gasteiger partial charge in [0.2, 0.25) is 0 Å². The highest BCUT2D eigenvalue weighted by molar-refractivity contribution is 6.04. The number of rotatable bonds is 3. The number of imidazole rings is 1. The first-order valence-electron chi connectivity index (χ1n) is 7.30. The number of alkyl halides is 3. The number of carbonyl (C=O) groups excluding carboxylic acids is 1. The summed E-state index contributed by atoms with van der Waals surface area (Å²) < 4.78 is 52.9. The molecule has 1 amide bonds. The van der Waals surface area contributed by atoms with Gasteiger partial charge in [-0.15, -0.1) is 0 Å². The Labute approximate surface area is 140 Å². The molecule has 130 valence electrons. The molecule has 0 saturated carbocycles. The van der Waals surface area contributed by atoms with E-state index in [2.05, 4.69) is 9.97 Å². The van der Waals surface area contributed by atoms with Crippen LogP contribution >= 0.6 is 0 Å². The molecule has 0 aliphatic rings.